The van der Waals surface area contributed by atoms with Gasteiger partial charge in [0.25, 0.3) is 0 Å². The van der Waals surface area contributed by atoms with E-state index >= 15 is 0 Å². The van der Waals surface area contributed by atoms with Crippen molar-refractivity contribution in [3.05, 3.63) is 0 Å². The first-order valence-electron chi connectivity index (χ1n) is 7.71. The Balaban J connectivity index is 1.86. The van der Waals surface area contributed by atoms with Gasteiger partial charge in [0.15, 0.2) is 0 Å². The molecule has 0 aromatic rings. The van der Waals surface area contributed by atoms with Crippen LogP contribution in [0.1, 0.15) is 45.4 Å². The predicted molar refractivity (Wildman–Crippen MR) is 79.7 cm³/mol. The lowest BCUT2D eigenvalue weighted by Gasteiger charge is -2.41. The van der Waals surface area contributed by atoms with Gasteiger partial charge in [0.2, 0.25) is 10.0 Å². The van der Waals surface area contributed by atoms with Crippen LogP contribution in [-0.2, 0) is 10.0 Å². The van der Waals surface area contributed by atoms with Gasteiger partial charge in [-0.15, -0.1) is 0 Å². The number of sulfonamides is 1. The molecule has 0 aromatic carbocycles. The summed E-state index contributed by atoms with van der Waals surface area (Å²) in [6, 6.07) is 0. The lowest BCUT2D eigenvalue weighted by Crippen LogP contribution is -2.49. The summed E-state index contributed by atoms with van der Waals surface area (Å²) < 4.78 is 22.4. The fraction of sp³-hybridized carbons (Fsp3) is 1.00. The minimum atomic E-state index is -3.39. The van der Waals surface area contributed by atoms with Crippen LogP contribution in [0.4, 0.5) is 0 Å². The molecular weight excluding hydrogens is 276 g/mol. The Labute approximate surface area is 122 Å². The molecule has 1 atom stereocenters. The lowest BCUT2D eigenvalue weighted by molar-refractivity contribution is -0.0415. The zero-order valence-corrected chi connectivity index (χ0v) is 13.2. The zero-order chi connectivity index (χ0) is 14.8. The second kappa shape index (κ2) is 6.30. The average Bonchev–Trinajstić information content (AvgIpc) is 2.31. The van der Waals surface area contributed by atoms with Gasteiger partial charge in [-0.25, -0.2) is 13.6 Å². The van der Waals surface area contributed by atoms with Crippen LogP contribution < -0.4 is 5.14 Å². The van der Waals surface area contributed by atoms with Gasteiger partial charge < -0.3 is 10.0 Å². The molecule has 2 fully saturated rings. The number of hydrogen-bond acceptors (Lipinski definition) is 4. The van der Waals surface area contributed by atoms with Gasteiger partial charge >= 0.3 is 0 Å². The maximum Gasteiger partial charge on any atom is 0.209 e. The van der Waals surface area contributed by atoms with Crippen molar-refractivity contribution < 1.29 is 13.5 Å². The maximum atomic E-state index is 11.2. The largest absolute Gasteiger partial charge is 0.389 e. The van der Waals surface area contributed by atoms with Crippen molar-refractivity contribution in [1.82, 2.24) is 4.90 Å². The van der Waals surface area contributed by atoms with Crippen LogP contribution >= 0.6 is 0 Å². The average molecular weight is 304 g/mol. The molecule has 0 bridgehead atoms. The fourth-order valence-corrected chi connectivity index (χ4v) is 4.56. The number of β-amino-alcohol motifs (C(OH)–C–C–N with tert-alkyl or cyclic N) is 1. The summed E-state index contributed by atoms with van der Waals surface area (Å²) in [5.74, 6) is 0.899. The second-order valence-corrected chi connectivity index (χ2v) is 8.64. The molecule has 6 heteroatoms. The van der Waals surface area contributed by atoms with Crippen LogP contribution in [0, 0.1) is 11.8 Å². The van der Waals surface area contributed by atoms with Crippen molar-refractivity contribution >= 4 is 10.0 Å². The Kier molecular flexibility index (Phi) is 5.10. The lowest BCUT2D eigenvalue weighted by atomic mass is 9.79. The minimum absolute atomic E-state index is 0.0684. The molecule has 0 radical (unpaired) electrons. The summed E-state index contributed by atoms with van der Waals surface area (Å²) in [7, 11) is -3.39. The molecule has 0 aromatic heterocycles. The van der Waals surface area contributed by atoms with Crippen LogP contribution in [-0.4, -0.2) is 49.4 Å². The zero-order valence-electron chi connectivity index (χ0n) is 12.4. The molecule has 1 saturated heterocycles. The summed E-state index contributed by atoms with van der Waals surface area (Å²) in [5.41, 5.74) is -0.573. The standard InChI is InChI=1S/C14H28N2O3S/c1-12-4-6-14(17,7-5-12)11-16-8-2-3-13(9-16)10-20(15,18)19/h12-13,17H,2-11H2,1H3,(H2,15,18,19). The fourth-order valence-electron chi connectivity index (χ4n) is 3.63. The molecule has 0 amide bonds. The first kappa shape index (κ1) is 16.2. The Morgan fingerprint density at radius 1 is 1.30 bits per heavy atom. The third kappa shape index (κ3) is 4.98. The molecule has 1 unspecified atom stereocenters. The molecule has 0 spiro atoms. The van der Waals surface area contributed by atoms with Crippen molar-refractivity contribution in [3.63, 3.8) is 0 Å². The Morgan fingerprint density at radius 3 is 2.55 bits per heavy atom. The van der Waals surface area contributed by atoms with Crippen molar-refractivity contribution in [3.8, 4) is 0 Å². The highest BCUT2D eigenvalue weighted by Crippen LogP contribution is 2.33. The molecule has 3 N–H and O–H groups in total. The highest BCUT2D eigenvalue weighted by Gasteiger charge is 2.35. The Morgan fingerprint density at radius 2 is 1.95 bits per heavy atom. The van der Waals surface area contributed by atoms with Gasteiger partial charge in [-0.3, -0.25) is 0 Å². The second-order valence-electron chi connectivity index (χ2n) is 6.98. The van der Waals surface area contributed by atoms with Crippen molar-refractivity contribution in [2.45, 2.75) is 51.0 Å². The summed E-state index contributed by atoms with van der Waals surface area (Å²) >= 11 is 0. The highest BCUT2D eigenvalue weighted by atomic mass is 32.2. The molecule has 20 heavy (non-hydrogen) atoms. The molecule has 1 aliphatic carbocycles. The van der Waals surface area contributed by atoms with Gasteiger partial charge in [0.1, 0.15) is 0 Å². The van der Waals surface area contributed by atoms with Crippen molar-refractivity contribution in [1.29, 1.82) is 0 Å². The smallest absolute Gasteiger partial charge is 0.209 e. The summed E-state index contributed by atoms with van der Waals surface area (Å²) in [6.07, 6.45) is 5.82. The van der Waals surface area contributed by atoms with E-state index < -0.39 is 15.6 Å². The first-order valence-corrected chi connectivity index (χ1v) is 9.42. The molecule has 2 rings (SSSR count). The molecule has 118 valence electrons. The van der Waals surface area contributed by atoms with Gasteiger partial charge in [-0.2, -0.15) is 0 Å². The quantitative estimate of drug-likeness (QED) is 0.809. The monoisotopic (exact) mass is 304 g/mol. The summed E-state index contributed by atoms with van der Waals surface area (Å²) in [4.78, 5) is 2.23. The molecule has 1 aliphatic heterocycles. The number of hydrogen-bond donors (Lipinski definition) is 2. The van der Waals surface area contributed by atoms with E-state index in [1.807, 2.05) is 0 Å². The van der Waals surface area contributed by atoms with Gasteiger partial charge in [0, 0.05) is 13.1 Å². The maximum absolute atomic E-state index is 11.2. The summed E-state index contributed by atoms with van der Waals surface area (Å²) in [6.45, 7) is 4.62. The molecule has 5 nitrogen and oxygen atoms in total. The van der Waals surface area contributed by atoms with E-state index in [0.717, 1.165) is 51.6 Å². The van der Waals surface area contributed by atoms with Crippen LogP contribution in [0.15, 0.2) is 0 Å². The van der Waals surface area contributed by atoms with Crippen molar-refractivity contribution in [2.75, 3.05) is 25.4 Å². The number of nitrogens with two attached hydrogens (primary N) is 1. The van der Waals surface area contributed by atoms with E-state index in [1.54, 1.807) is 0 Å². The summed E-state index contributed by atoms with van der Waals surface area (Å²) in [5, 5.41) is 15.8. The molecule has 1 heterocycles. The normalized spacial score (nSPS) is 37.0. The SMILES string of the molecule is CC1CCC(O)(CN2CCCC(CS(N)(=O)=O)C2)CC1. The van der Waals surface area contributed by atoms with Crippen LogP contribution in [0.5, 0.6) is 0 Å². The van der Waals surface area contributed by atoms with Gasteiger partial charge in [-0.1, -0.05) is 6.92 Å². The van der Waals surface area contributed by atoms with E-state index in [-0.39, 0.29) is 11.7 Å². The number of aliphatic hydroxyl groups is 1. The third-order valence-electron chi connectivity index (χ3n) is 4.79. The van der Waals surface area contributed by atoms with Crippen LogP contribution in [0.3, 0.4) is 0 Å². The van der Waals surface area contributed by atoms with E-state index in [4.69, 9.17) is 5.14 Å². The predicted octanol–water partition coefficient (Wildman–Crippen LogP) is 0.928. The third-order valence-corrected chi connectivity index (χ3v) is 5.73. The molecular formula is C14H28N2O3S. The van der Waals surface area contributed by atoms with Gasteiger partial charge in [-0.05, 0) is 56.9 Å². The van der Waals surface area contributed by atoms with Crippen LogP contribution in [0.25, 0.3) is 0 Å². The Hall–Kier alpha value is -0.170. The number of likely N-dealkylation sites (tertiary alicyclic amines) is 1. The van der Waals surface area contributed by atoms with E-state index in [9.17, 15) is 13.5 Å². The minimum Gasteiger partial charge on any atom is -0.389 e. The van der Waals surface area contributed by atoms with E-state index in [0.29, 0.717) is 12.5 Å². The number of piperidine rings is 1. The van der Waals surface area contributed by atoms with E-state index in [1.165, 1.54) is 0 Å². The first-order chi connectivity index (χ1) is 9.26. The van der Waals surface area contributed by atoms with Gasteiger partial charge in [0.05, 0.1) is 11.4 Å². The number of primary sulfonamides is 1. The number of rotatable bonds is 4. The topological polar surface area (TPSA) is 83.6 Å². The molecule has 2 aliphatic rings. The Bertz CT molecular complexity index is 416. The van der Waals surface area contributed by atoms with Crippen LogP contribution in [0.2, 0.25) is 0 Å². The van der Waals surface area contributed by atoms with E-state index in [2.05, 4.69) is 11.8 Å². The van der Waals surface area contributed by atoms with Crippen molar-refractivity contribution in [2.24, 2.45) is 17.0 Å². The number of nitrogens with zero attached hydrogens (tertiary/aromatic N) is 1. The highest BCUT2D eigenvalue weighted by molar-refractivity contribution is 7.89. The molecule has 1 saturated carbocycles.